The third-order valence-electron chi connectivity index (χ3n) is 5.28. The minimum Gasteiger partial charge on any atom is -0.409 e. The maximum absolute atomic E-state index is 12.1. The molecular weight excluding hydrogens is 322 g/mol. The van der Waals surface area contributed by atoms with E-state index in [0.29, 0.717) is 11.9 Å². The van der Waals surface area contributed by atoms with Crippen LogP contribution in [0.1, 0.15) is 18.9 Å². The van der Waals surface area contributed by atoms with Crippen LogP contribution in [0.2, 0.25) is 0 Å². The van der Waals surface area contributed by atoms with Gasteiger partial charge in [-0.3, -0.25) is 10.2 Å². The van der Waals surface area contributed by atoms with Crippen LogP contribution in [0.4, 0.5) is 16.2 Å². The summed E-state index contributed by atoms with van der Waals surface area (Å²) >= 11 is 1.50. The van der Waals surface area contributed by atoms with E-state index in [9.17, 15) is 4.79 Å². The van der Waals surface area contributed by atoms with Crippen LogP contribution in [0, 0.1) is 0 Å². The van der Waals surface area contributed by atoms with Crippen molar-refractivity contribution in [3.63, 3.8) is 0 Å². The molecule has 0 saturated carbocycles. The molecule has 1 aromatic carbocycles. The van der Waals surface area contributed by atoms with Crippen molar-refractivity contribution in [1.29, 1.82) is 0 Å². The van der Waals surface area contributed by atoms with Gasteiger partial charge >= 0.3 is 6.09 Å². The van der Waals surface area contributed by atoms with Crippen LogP contribution in [0.25, 0.3) is 0 Å². The van der Waals surface area contributed by atoms with E-state index in [4.69, 9.17) is 4.74 Å². The van der Waals surface area contributed by atoms with Gasteiger partial charge in [0.25, 0.3) is 0 Å². The zero-order valence-electron chi connectivity index (χ0n) is 14.1. The van der Waals surface area contributed by atoms with Gasteiger partial charge in [0.15, 0.2) is 0 Å². The SMILES string of the molecule is CN1CCC2(C)c3cc(NC(=O)Oc4ccsc4)ccc3N(C)C12. The van der Waals surface area contributed by atoms with Gasteiger partial charge < -0.3 is 9.64 Å². The van der Waals surface area contributed by atoms with Gasteiger partial charge in [-0.15, -0.1) is 11.3 Å². The van der Waals surface area contributed by atoms with Crippen molar-refractivity contribution < 1.29 is 9.53 Å². The van der Waals surface area contributed by atoms with E-state index in [1.807, 2.05) is 11.4 Å². The number of benzene rings is 1. The van der Waals surface area contributed by atoms with Gasteiger partial charge in [-0.25, -0.2) is 4.79 Å². The summed E-state index contributed by atoms with van der Waals surface area (Å²) < 4.78 is 5.27. The summed E-state index contributed by atoms with van der Waals surface area (Å²) in [5.74, 6) is 0.572. The number of amides is 1. The molecule has 24 heavy (non-hydrogen) atoms. The van der Waals surface area contributed by atoms with E-state index in [-0.39, 0.29) is 5.41 Å². The fourth-order valence-corrected chi connectivity index (χ4v) is 4.77. The van der Waals surface area contributed by atoms with Crippen LogP contribution in [0.15, 0.2) is 35.0 Å². The van der Waals surface area contributed by atoms with Crippen molar-refractivity contribution in [2.45, 2.75) is 24.9 Å². The van der Waals surface area contributed by atoms with Gasteiger partial charge in [0, 0.05) is 35.8 Å². The Morgan fingerprint density at radius 1 is 1.38 bits per heavy atom. The van der Waals surface area contributed by atoms with E-state index in [1.54, 1.807) is 11.4 Å². The number of carbonyl (C=O) groups is 1. The molecule has 2 atom stereocenters. The van der Waals surface area contributed by atoms with Crippen LogP contribution in [-0.4, -0.2) is 37.8 Å². The number of fused-ring (bicyclic) bond motifs is 3. The van der Waals surface area contributed by atoms with E-state index in [1.165, 1.54) is 22.6 Å². The standard InChI is InChI=1S/C18H21N3O2S/c1-18-7-8-20(2)16(18)21(3)15-5-4-12(10-14(15)18)19-17(22)23-13-6-9-24-11-13/h4-6,9-11,16H,7-8H2,1-3H3,(H,19,22). The molecule has 126 valence electrons. The third-order valence-corrected chi connectivity index (χ3v) is 5.94. The van der Waals surface area contributed by atoms with Crippen molar-refractivity contribution in [2.24, 2.45) is 0 Å². The Morgan fingerprint density at radius 3 is 2.96 bits per heavy atom. The molecule has 0 aliphatic carbocycles. The number of likely N-dealkylation sites (N-methyl/N-ethyl adjacent to an activating group) is 2. The molecule has 2 unspecified atom stereocenters. The molecule has 5 nitrogen and oxygen atoms in total. The lowest BCUT2D eigenvalue weighted by Gasteiger charge is -2.32. The van der Waals surface area contributed by atoms with Crippen molar-refractivity contribution in [3.8, 4) is 5.75 Å². The zero-order valence-corrected chi connectivity index (χ0v) is 14.9. The van der Waals surface area contributed by atoms with Crippen LogP contribution in [-0.2, 0) is 5.41 Å². The highest BCUT2D eigenvalue weighted by molar-refractivity contribution is 7.08. The van der Waals surface area contributed by atoms with Gasteiger partial charge in [-0.1, -0.05) is 6.92 Å². The summed E-state index contributed by atoms with van der Waals surface area (Å²) in [5, 5.41) is 6.53. The van der Waals surface area contributed by atoms with Crippen molar-refractivity contribution in [2.75, 3.05) is 30.9 Å². The first-order valence-corrected chi connectivity index (χ1v) is 9.02. The van der Waals surface area contributed by atoms with Gasteiger partial charge in [0.05, 0.1) is 6.17 Å². The second kappa shape index (κ2) is 5.50. The van der Waals surface area contributed by atoms with Gasteiger partial charge in [0.1, 0.15) is 5.75 Å². The highest BCUT2D eigenvalue weighted by Crippen LogP contribution is 2.51. The summed E-state index contributed by atoms with van der Waals surface area (Å²) in [6.45, 7) is 3.40. The molecule has 1 aromatic heterocycles. The Balaban J connectivity index is 1.58. The molecule has 1 N–H and O–H groups in total. The maximum Gasteiger partial charge on any atom is 0.417 e. The summed E-state index contributed by atoms with van der Waals surface area (Å²) in [7, 11) is 4.32. The second-order valence-corrected chi connectivity index (χ2v) is 7.62. The molecule has 0 radical (unpaired) electrons. The number of rotatable bonds is 2. The van der Waals surface area contributed by atoms with Crippen LogP contribution >= 0.6 is 11.3 Å². The average Bonchev–Trinajstić information content (AvgIpc) is 3.20. The number of nitrogens with zero attached hydrogens (tertiary/aromatic N) is 2. The number of carbonyl (C=O) groups excluding carboxylic acids is 1. The lowest BCUT2D eigenvalue weighted by atomic mass is 9.81. The predicted molar refractivity (Wildman–Crippen MR) is 97.2 cm³/mol. The van der Waals surface area contributed by atoms with Gasteiger partial charge in [0.2, 0.25) is 0 Å². The summed E-state index contributed by atoms with van der Waals surface area (Å²) in [4.78, 5) is 16.8. The molecule has 1 fully saturated rings. The molecule has 0 bridgehead atoms. The molecule has 1 saturated heterocycles. The fourth-order valence-electron chi connectivity index (χ4n) is 4.21. The lowest BCUT2D eigenvalue weighted by Crippen LogP contribution is -2.45. The molecule has 4 rings (SSSR count). The van der Waals surface area contributed by atoms with Crippen molar-refractivity contribution in [1.82, 2.24) is 4.90 Å². The highest BCUT2D eigenvalue weighted by Gasteiger charge is 2.52. The monoisotopic (exact) mass is 343 g/mol. The molecule has 1 amide bonds. The fraction of sp³-hybridized carbons (Fsp3) is 0.389. The minimum absolute atomic E-state index is 0.0911. The average molecular weight is 343 g/mol. The van der Waals surface area contributed by atoms with Gasteiger partial charge in [-0.05, 0) is 48.7 Å². The smallest absolute Gasteiger partial charge is 0.409 e. The number of nitrogens with one attached hydrogen (secondary N) is 1. The number of anilines is 2. The van der Waals surface area contributed by atoms with Crippen LogP contribution < -0.4 is 15.0 Å². The molecule has 6 heteroatoms. The molecular formula is C18H21N3O2S. The maximum atomic E-state index is 12.1. The van der Waals surface area contributed by atoms with Crippen LogP contribution in [0.5, 0.6) is 5.75 Å². The lowest BCUT2D eigenvalue weighted by molar-refractivity contribution is 0.215. The number of hydrogen-bond donors (Lipinski definition) is 1. The largest absolute Gasteiger partial charge is 0.417 e. The Bertz CT molecular complexity index is 777. The van der Waals surface area contributed by atoms with Crippen molar-refractivity contribution in [3.05, 3.63) is 40.6 Å². The number of hydrogen-bond acceptors (Lipinski definition) is 5. The first kappa shape index (κ1) is 15.5. The van der Waals surface area contributed by atoms with Gasteiger partial charge in [-0.2, -0.15) is 0 Å². The number of ether oxygens (including phenoxy) is 1. The zero-order chi connectivity index (χ0) is 16.9. The Morgan fingerprint density at radius 2 is 2.21 bits per heavy atom. The summed E-state index contributed by atoms with van der Waals surface area (Å²) in [6.07, 6.45) is 1.04. The van der Waals surface area contributed by atoms with E-state index in [0.717, 1.165) is 18.7 Å². The molecule has 2 aliphatic rings. The van der Waals surface area contributed by atoms with Crippen molar-refractivity contribution >= 4 is 28.8 Å². The third kappa shape index (κ3) is 2.29. The molecule has 2 aliphatic heterocycles. The molecule has 0 spiro atoms. The highest BCUT2D eigenvalue weighted by atomic mass is 32.1. The first-order chi connectivity index (χ1) is 11.5. The Kier molecular flexibility index (Phi) is 3.54. The predicted octanol–water partition coefficient (Wildman–Crippen LogP) is 3.73. The molecule has 2 aromatic rings. The Labute approximate surface area is 145 Å². The Hall–Kier alpha value is -2.05. The normalized spacial score (nSPS) is 25.5. The summed E-state index contributed by atoms with van der Waals surface area (Å²) in [5.41, 5.74) is 3.41. The van der Waals surface area contributed by atoms with E-state index in [2.05, 4.69) is 48.3 Å². The number of thiophene rings is 1. The first-order valence-electron chi connectivity index (χ1n) is 8.08. The topological polar surface area (TPSA) is 44.8 Å². The molecule has 3 heterocycles. The number of likely N-dealkylation sites (tertiary alicyclic amines) is 1. The minimum atomic E-state index is -0.454. The van der Waals surface area contributed by atoms with E-state index < -0.39 is 6.09 Å². The van der Waals surface area contributed by atoms with Crippen LogP contribution in [0.3, 0.4) is 0 Å². The summed E-state index contributed by atoms with van der Waals surface area (Å²) in [6, 6.07) is 7.91. The van der Waals surface area contributed by atoms with E-state index >= 15 is 0 Å². The quantitative estimate of drug-likeness (QED) is 0.902. The second-order valence-electron chi connectivity index (χ2n) is 6.84.